The Morgan fingerprint density at radius 3 is 2.60 bits per heavy atom. The predicted octanol–water partition coefficient (Wildman–Crippen LogP) is 2.45. The Balaban J connectivity index is 3.17. The third-order valence-corrected chi connectivity index (χ3v) is 3.87. The molecule has 2 N–H and O–H groups in total. The van der Waals surface area contributed by atoms with E-state index < -0.39 is 0 Å². The quantitative estimate of drug-likeness (QED) is 0.758. The van der Waals surface area contributed by atoms with E-state index in [0.29, 0.717) is 4.99 Å². The summed E-state index contributed by atoms with van der Waals surface area (Å²) in [5.74, 6) is 0. The molecule has 0 atom stereocenters. The zero-order chi connectivity index (χ0) is 7.72. The van der Waals surface area contributed by atoms with Crippen LogP contribution in [0.3, 0.4) is 0 Å². The van der Waals surface area contributed by atoms with Crippen molar-refractivity contribution in [3.8, 4) is 0 Å². The lowest BCUT2D eigenvalue weighted by Gasteiger charge is -1.92. The fraction of sp³-hybridized carbons (Fsp3) is 0.167. The highest BCUT2D eigenvalue weighted by molar-refractivity contribution is 9.10. The van der Waals surface area contributed by atoms with Gasteiger partial charge in [-0.25, -0.2) is 0 Å². The number of rotatable bonds is 1. The number of halogens is 1. The van der Waals surface area contributed by atoms with Crippen molar-refractivity contribution in [1.29, 1.82) is 0 Å². The Kier molecular flexibility index (Phi) is 2.44. The first-order chi connectivity index (χ1) is 4.63. The van der Waals surface area contributed by atoms with Crippen molar-refractivity contribution >= 4 is 44.5 Å². The standard InChI is InChI=1S/C6H6BrNS2/c1-3-2-10-5(4(3)7)6(8)9/h2H,1H3,(H2,8,9). The Labute approximate surface area is 77.4 Å². The summed E-state index contributed by atoms with van der Waals surface area (Å²) in [6.45, 7) is 2.02. The lowest BCUT2D eigenvalue weighted by Crippen LogP contribution is -2.07. The van der Waals surface area contributed by atoms with Gasteiger partial charge in [0.05, 0.1) is 4.88 Å². The fourth-order valence-electron chi connectivity index (χ4n) is 0.596. The van der Waals surface area contributed by atoms with E-state index in [1.807, 2.05) is 12.3 Å². The fourth-order valence-corrected chi connectivity index (χ4v) is 2.53. The van der Waals surface area contributed by atoms with Crippen LogP contribution in [-0.4, -0.2) is 4.99 Å². The average Bonchev–Trinajstić information content (AvgIpc) is 2.14. The number of nitrogens with two attached hydrogens (primary N) is 1. The molecule has 0 aliphatic heterocycles. The molecule has 1 rings (SSSR count). The second kappa shape index (κ2) is 2.98. The van der Waals surface area contributed by atoms with E-state index in [0.717, 1.165) is 9.35 Å². The first kappa shape index (κ1) is 8.17. The number of thiocarbonyl (C=S) groups is 1. The minimum Gasteiger partial charge on any atom is -0.389 e. The molecule has 0 saturated heterocycles. The van der Waals surface area contributed by atoms with Gasteiger partial charge in [-0.3, -0.25) is 0 Å². The second-order valence-corrected chi connectivity index (χ2v) is 4.04. The molecule has 1 aromatic rings. The van der Waals surface area contributed by atoms with Crippen LogP contribution in [0.15, 0.2) is 9.85 Å². The van der Waals surface area contributed by atoms with Gasteiger partial charge in [-0.2, -0.15) is 0 Å². The minimum atomic E-state index is 0.463. The molecule has 1 heterocycles. The van der Waals surface area contributed by atoms with Crippen LogP contribution < -0.4 is 5.73 Å². The highest BCUT2D eigenvalue weighted by Crippen LogP contribution is 2.27. The van der Waals surface area contributed by atoms with Crippen molar-refractivity contribution in [2.45, 2.75) is 6.92 Å². The maximum Gasteiger partial charge on any atom is 0.115 e. The van der Waals surface area contributed by atoms with Gasteiger partial charge in [-0.05, 0) is 33.8 Å². The van der Waals surface area contributed by atoms with Gasteiger partial charge in [-0.15, -0.1) is 11.3 Å². The number of thiophene rings is 1. The van der Waals surface area contributed by atoms with Crippen LogP contribution in [0.25, 0.3) is 0 Å². The summed E-state index contributed by atoms with van der Waals surface area (Å²) in [6, 6.07) is 0. The maximum absolute atomic E-state index is 5.44. The van der Waals surface area contributed by atoms with E-state index in [1.165, 1.54) is 5.56 Å². The molecule has 0 aromatic carbocycles. The summed E-state index contributed by atoms with van der Waals surface area (Å²) in [7, 11) is 0. The molecule has 0 saturated carbocycles. The van der Waals surface area contributed by atoms with Crippen molar-refractivity contribution in [2.24, 2.45) is 5.73 Å². The van der Waals surface area contributed by atoms with Gasteiger partial charge in [0.15, 0.2) is 0 Å². The summed E-state index contributed by atoms with van der Waals surface area (Å²) in [4.78, 5) is 1.43. The third-order valence-electron chi connectivity index (χ3n) is 1.12. The molecule has 0 spiro atoms. The van der Waals surface area contributed by atoms with Crippen molar-refractivity contribution in [3.05, 3.63) is 20.3 Å². The van der Waals surface area contributed by atoms with Crippen LogP contribution in [-0.2, 0) is 0 Å². The van der Waals surface area contributed by atoms with E-state index in [1.54, 1.807) is 11.3 Å². The SMILES string of the molecule is Cc1csc(C(N)=S)c1Br. The smallest absolute Gasteiger partial charge is 0.115 e. The van der Waals surface area contributed by atoms with Crippen LogP contribution in [0.1, 0.15) is 10.4 Å². The van der Waals surface area contributed by atoms with E-state index in [4.69, 9.17) is 18.0 Å². The van der Waals surface area contributed by atoms with Crippen molar-refractivity contribution in [1.82, 2.24) is 0 Å². The van der Waals surface area contributed by atoms with E-state index in [-0.39, 0.29) is 0 Å². The largest absolute Gasteiger partial charge is 0.389 e. The molecule has 0 aliphatic carbocycles. The van der Waals surface area contributed by atoms with E-state index >= 15 is 0 Å². The number of hydrogen-bond acceptors (Lipinski definition) is 2. The molecule has 0 unspecified atom stereocenters. The third kappa shape index (κ3) is 1.38. The lowest BCUT2D eigenvalue weighted by atomic mass is 10.3. The van der Waals surface area contributed by atoms with Crippen LogP contribution in [0.5, 0.6) is 0 Å². The van der Waals surface area contributed by atoms with Gasteiger partial charge in [0.1, 0.15) is 4.99 Å². The maximum atomic E-state index is 5.44. The van der Waals surface area contributed by atoms with Gasteiger partial charge in [-0.1, -0.05) is 12.2 Å². The minimum absolute atomic E-state index is 0.463. The van der Waals surface area contributed by atoms with Crippen molar-refractivity contribution < 1.29 is 0 Å². The molecule has 0 aliphatic rings. The summed E-state index contributed by atoms with van der Waals surface area (Å²) in [6.07, 6.45) is 0. The first-order valence-corrected chi connectivity index (χ1v) is 4.74. The zero-order valence-electron chi connectivity index (χ0n) is 5.35. The van der Waals surface area contributed by atoms with Crippen LogP contribution >= 0.6 is 39.5 Å². The van der Waals surface area contributed by atoms with Crippen LogP contribution in [0.4, 0.5) is 0 Å². The Hall–Kier alpha value is 0.0700. The Bertz CT molecular complexity index is 267. The molecule has 54 valence electrons. The van der Waals surface area contributed by atoms with E-state index in [2.05, 4.69) is 15.9 Å². The number of aryl methyl sites for hydroxylation is 1. The second-order valence-electron chi connectivity index (χ2n) is 1.93. The average molecular weight is 236 g/mol. The molecule has 0 amide bonds. The van der Waals surface area contributed by atoms with Gasteiger partial charge in [0, 0.05) is 4.47 Å². The van der Waals surface area contributed by atoms with E-state index in [9.17, 15) is 0 Å². The topological polar surface area (TPSA) is 26.0 Å². The zero-order valence-corrected chi connectivity index (χ0v) is 8.57. The van der Waals surface area contributed by atoms with Crippen LogP contribution in [0.2, 0.25) is 0 Å². The molecule has 0 bridgehead atoms. The molecule has 0 fully saturated rings. The Morgan fingerprint density at radius 1 is 1.80 bits per heavy atom. The monoisotopic (exact) mass is 235 g/mol. The summed E-state index contributed by atoms with van der Waals surface area (Å²) in [5, 5.41) is 2.03. The highest BCUT2D eigenvalue weighted by Gasteiger charge is 2.06. The molecular weight excluding hydrogens is 230 g/mol. The molecule has 0 radical (unpaired) electrons. The first-order valence-electron chi connectivity index (χ1n) is 2.66. The highest BCUT2D eigenvalue weighted by atomic mass is 79.9. The summed E-state index contributed by atoms with van der Waals surface area (Å²) in [5.41, 5.74) is 6.63. The van der Waals surface area contributed by atoms with Crippen molar-refractivity contribution in [3.63, 3.8) is 0 Å². The molecular formula is C6H6BrNS2. The molecule has 10 heavy (non-hydrogen) atoms. The van der Waals surface area contributed by atoms with Gasteiger partial charge < -0.3 is 5.73 Å². The predicted molar refractivity (Wildman–Crippen MR) is 52.6 cm³/mol. The lowest BCUT2D eigenvalue weighted by molar-refractivity contribution is 1.50. The molecule has 1 nitrogen and oxygen atoms in total. The summed E-state index contributed by atoms with van der Waals surface area (Å²) < 4.78 is 1.03. The molecule has 1 aromatic heterocycles. The van der Waals surface area contributed by atoms with Crippen molar-refractivity contribution in [2.75, 3.05) is 0 Å². The van der Waals surface area contributed by atoms with Crippen LogP contribution in [0, 0.1) is 6.92 Å². The number of hydrogen-bond donors (Lipinski definition) is 1. The van der Waals surface area contributed by atoms with Gasteiger partial charge in [0.2, 0.25) is 0 Å². The Morgan fingerprint density at radius 2 is 2.40 bits per heavy atom. The summed E-state index contributed by atoms with van der Waals surface area (Å²) >= 11 is 9.79. The normalized spacial score (nSPS) is 9.80. The van der Waals surface area contributed by atoms with Gasteiger partial charge >= 0.3 is 0 Å². The van der Waals surface area contributed by atoms with Gasteiger partial charge in [0.25, 0.3) is 0 Å². The molecule has 4 heteroatoms.